The monoisotopic (exact) mass is 211 g/mol. The summed E-state index contributed by atoms with van der Waals surface area (Å²) < 4.78 is 5.02. The number of rotatable bonds is 3. The lowest BCUT2D eigenvalue weighted by atomic mass is 10.1. The Kier molecular flexibility index (Phi) is 6.03. The smallest absolute Gasteiger partial charge is 0.384 e. The molecule has 0 aliphatic rings. The molecule has 2 N–H and O–H groups in total. The molecular weight excluding hydrogens is 190 g/mol. The van der Waals surface area contributed by atoms with Crippen molar-refractivity contribution in [3.8, 4) is 11.8 Å². The van der Waals surface area contributed by atoms with Crippen molar-refractivity contribution in [2.75, 3.05) is 0 Å². The quantitative estimate of drug-likeness (QED) is 0.440. The second kappa shape index (κ2) is 6.47. The van der Waals surface area contributed by atoms with Crippen LogP contribution in [0.5, 0.6) is 0 Å². The molecule has 1 atom stereocenters. The highest BCUT2D eigenvalue weighted by Gasteiger charge is 2.14. The molecule has 0 aromatic rings. The van der Waals surface area contributed by atoms with E-state index in [-0.39, 0.29) is 6.04 Å². The molecule has 0 aromatic heterocycles. The van der Waals surface area contributed by atoms with Crippen LogP contribution in [0.25, 0.3) is 0 Å². The van der Waals surface area contributed by atoms with Crippen LogP contribution < -0.4 is 5.73 Å². The van der Waals surface area contributed by atoms with Crippen molar-refractivity contribution < 1.29 is 9.53 Å². The van der Waals surface area contributed by atoms with Crippen molar-refractivity contribution in [3.63, 3.8) is 0 Å². The Morgan fingerprint density at radius 3 is 2.53 bits per heavy atom. The highest BCUT2D eigenvalue weighted by atomic mass is 16.6. The first-order valence-electron chi connectivity index (χ1n) is 5.35. The van der Waals surface area contributed by atoms with Crippen LogP contribution in [0.15, 0.2) is 0 Å². The molecule has 0 saturated carbocycles. The Morgan fingerprint density at radius 2 is 2.07 bits per heavy atom. The van der Waals surface area contributed by atoms with E-state index in [2.05, 4.69) is 18.8 Å². The summed E-state index contributed by atoms with van der Waals surface area (Å²) in [4.78, 5) is 11.2. The van der Waals surface area contributed by atoms with Gasteiger partial charge in [0.15, 0.2) is 0 Å². The summed E-state index contributed by atoms with van der Waals surface area (Å²) >= 11 is 0. The molecule has 0 rings (SSSR count). The molecule has 0 heterocycles. The molecular formula is C12H21NO2. The van der Waals surface area contributed by atoms with E-state index in [0.717, 1.165) is 19.3 Å². The minimum Gasteiger partial charge on any atom is -0.450 e. The first-order chi connectivity index (χ1) is 6.85. The number of esters is 1. The molecule has 3 nitrogen and oxygen atoms in total. The van der Waals surface area contributed by atoms with Gasteiger partial charge in [0.1, 0.15) is 5.60 Å². The Hall–Kier alpha value is -1.01. The molecule has 0 aliphatic carbocycles. The van der Waals surface area contributed by atoms with E-state index >= 15 is 0 Å². The summed E-state index contributed by atoms with van der Waals surface area (Å²) in [5, 5.41) is 0. The Bertz CT molecular complexity index is 255. The Labute approximate surface area is 92.4 Å². The first kappa shape index (κ1) is 14.0. The molecule has 15 heavy (non-hydrogen) atoms. The van der Waals surface area contributed by atoms with E-state index in [1.54, 1.807) is 0 Å². The fourth-order valence-corrected chi connectivity index (χ4v) is 0.951. The summed E-state index contributed by atoms with van der Waals surface area (Å²) in [7, 11) is 0. The maximum absolute atomic E-state index is 11.2. The van der Waals surface area contributed by atoms with E-state index in [4.69, 9.17) is 10.5 Å². The maximum Gasteiger partial charge on any atom is 0.384 e. The summed E-state index contributed by atoms with van der Waals surface area (Å²) in [6.45, 7) is 7.52. The fourth-order valence-electron chi connectivity index (χ4n) is 0.951. The van der Waals surface area contributed by atoms with Gasteiger partial charge in [-0.2, -0.15) is 0 Å². The zero-order valence-electron chi connectivity index (χ0n) is 10.1. The topological polar surface area (TPSA) is 52.3 Å². The maximum atomic E-state index is 11.2. The SMILES string of the molecule is CCCCC(N)C#CC(=O)OC(C)(C)C. The Morgan fingerprint density at radius 1 is 1.47 bits per heavy atom. The molecule has 0 aromatic carbocycles. The van der Waals surface area contributed by atoms with Gasteiger partial charge in [-0.3, -0.25) is 0 Å². The number of ether oxygens (including phenoxy) is 1. The van der Waals surface area contributed by atoms with E-state index < -0.39 is 11.6 Å². The summed E-state index contributed by atoms with van der Waals surface area (Å²) in [5.41, 5.74) is 5.20. The van der Waals surface area contributed by atoms with Gasteiger partial charge in [0.05, 0.1) is 6.04 Å². The molecule has 0 saturated heterocycles. The second-order valence-electron chi connectivity index (χ2n) is 4.52. The summed E-state index contributed by atoms with van der Waals surface area (Å²) in [5.74, 6) is 4.60. The van der Waals surface area contributed by atoms with E-state index in [9.17, 15) is 4.79 Å². The van der Waals surface area contributed by atoms with Gasteiger partial charge in [-0.25, -0.2) is 4.79 Å². The number of hydrogen-bond donors (Lipinski definition) is 1. The van der Waals surface area contributed by atoms with Crippen LogP contribution in [-0.4, -0.2) is 17.6 Å². The normalized spacial score (nSPS) is 12.6. The lowest BCUT2D eigenvalue weighted by molar-refractivity contribution is -0.147. The predicted molar refractivity (Wildman–Crippen MR) is 61.1 cm³/mol. The molecule has 0 spiro atoms. The molecule has 86 valence electrons. The number of unbranched alkanes of at least 4 members (excludes halogenated alkanes) is 1. The average molecular weight is 211 g/mol. The van der Waals surface area contributed by atoms with Crippen LogP contribution in [-0.2, 0) is 9.53 Å². The van der Waals surface area contributed by atoms with Crippen LogP contribution in [0, 0.1) is 11.8 Å². The third kappa shape index (κ3) is 9.30. The minimum absolute atomic E-state index is 0.225. The van der Waals surface area contributed by atoms with E-state index in [1.807, 2.05) is 20.8 Å². The van der Waals surface area contributed by atoms with Crippen LogP contribution in [0.3, 0.4) is 0 Å². The molecule has 1 unspecified atom stereocenters. The minimum atomic E-state index is -0.505. The highest BCUT2D eigenvalue weighted by molar-refractivity contribution is 5.88. The van der Waals surface area contributed by atoms with Crippen molar-refractivity contribution in [2.24, 2.45) is 5.73 Å². The third-order valence-corrected chi connectivity index (χ3v) is 1.63. The van der Waals surface area contributed by atoms with Crippen LogP contribution in [0.2, 0.25) is 0 Å². The lowest BCUT2D eigenvalue weighted by Crippen LogP contribution is -2.23. The highest BCUT2D eigenvalue weighted by Crippen LogP contribution is 2.06. The number of carbonyl (C=O) groups is 1. The summed E-state index contributed by atoms with van der Waals surface area (Å²) in [6.07, 6.45) is 2.94. The standard InChI is InChI=1S/C12H21NO2/c1-5-6-7-10(13)8-9-11(14)15-12(2,3)4/h10H,5-7,13H2,1-4H3. The van der Waals surface area contributed by atoms with Crippen LogP contribution >= 0.6 is 0 Å². The predicted octanol–water partition coefficient (Wildman–Crippen LogP) is 1.85. The number of nitrogens with two attached hydrogens (primary N) is 1. The first-order valence-corrected chi connectivity index (χ1v) is 5.35. The van der Waals surface area contributed by atoms with Crippen molar-refractivity contribution in [1.29, 1.82) is 0 Å². The molecule has 0 bridgehead atoms. The fraction of sp³-hybridized carbons (Fsp3) is 0.750. The van der Waals surface area contributed by atoms with Crippen LogP contribution in [0.4, 0.5) is 0 Å². The van der Waals surface area contributed by atoms with Gasteiger partial charge in [0, 0.05) is 5.92 Å². The average Bonchev–Trinajstić information content (AvgIpc) is 2.08. The van der Waals surface area contributed by atoms with Gasteiger partial charge in [-0.05, 0) is 27.2 Å². The zero-order valence-corrected chi connectivity index (χ0v) is 10.1. The second-order valence-corrected chi connectivity index (χ2v) is 4.52. The van der Waals surface area contributed by atoms with Crippen molar-refractivity contribution in [3.05, 3.63) is 0 Å². The van der Waals surface area contributed by atoms with Gasteiger partial charge >= 0.3 is 5.97 Å². The lowest BCUT2D eigenvalue weighted by Gasteiger charge is -2.17. The third-order valence-electron chi connectivity index (χ3n) is 1.63. The molecule has 0 radical (unpaired) electrons. The van der Waals surface area contributed by atoms with Crippen LogP contribution in [0.1, 0.15) is 47.0 Å². The molecule has 3 heteroatoms. The van der Waals surface area contributed by atoms with E-state index in [0.29, 0.717) is 0 Å². The largest absolute Gasteiger partial charge is 0.450 e. The molecule has 0 amide bonds. The van der Waals surface area contributed by atoms with Crippen molar-refractivity contribution in [1.82, 2.24) is 0 Å². The zero-order chi connectivity index (χ0) is 11.9. The number of carbonyl (C=O) groups excluding carboxylic acids is 1. The number of hydrogen-bond acceptors (Lipinski definition) is 3. The molecule has 0 aliphatic heterocycles. The van der Waals surface area contributed by atoms with Crippen molar-refractivity contribution in [2.45, 2.75) is 58.6 Å². The molecule has 0 fully saturated rings. The van der Waals surface area contributed by atoms with Gasteiger partial charge < -0.3 is 10.5 Å². The van der Waals surface area contributed by atoms with E-state index in [1.165, 1.54) is 0 Å². The van der Waals surface area contributed by atoms with Gasteiger partial charge in [0.25, 0.3) is 0 Å². The Balaban J connectivity index is 4.00. The van der Waals surface area contributed by atoms with Crippen molar-refractivity contribution >= 4 is 5.97 Å². The van der Waals surface area contributed by atoms with Gasteiger partial charge in [-0.15, -0.1) is 0 Å². The van der Waals surface area contributed by atoms with Gasteiger partial charge in [0.2, 0.25) is 0 Å². The van der Waals surface area contributed by atoms with Gasteiger partial charge in [-0.1, -0.05) is 25.7 Å². The summed E-state index contributed by atoms with van der Waals surface area (Å²) in [6, 6.07) is -0.225.